The van der Waals surface area contributed by atoms with E-state index in [0.717, 1.165) is 11.1 Å². The molecule has 27 heavy (non-hydrogen) atoms. The van der Waals surface area contributed by atoms with Crippen LogP contribution in [0, 0.1) is 0 Å². The summed E-state index contributed by atoms with van der Waals surface area (Å²) in [7, 11) is -5.77. The molecular formula is C20H15F3O3S. The highest BCUT2D eigenvalue weighted by atomic mass is 32.2. The first-order valence-corrected chi connectivity index (χ1v) is 9.40. The highest BCUT2D eigenvalue weighted by Gasteiger charge is 2.49. The van der Waals surface area contributed by atoms with Gasteiger partial charge in [-0.05, 0) is 17.2 Å². The van der Waals surface area contributed by atoms with Gasteiger partial charge in [0, 0.05) is 11.5 Å². The highest BCUT2D eigenvalue weighted by molar-refractivity contribution is 7.88. The van der Waals surface area contributed by atoms with Gasteiger partial charge in [0.2, 0.25) is 0 Å². The van der Waals surface area contributed by atoms with Crippen LogP contribution in [0.15, 0.2) is 84.9 Å². The van der Waals surface area contributed by atoms with E-state index in [9.17, 15) is 21.6 Å². The average molecular weight is 392 g/mol. The third-order valence-corrected chi connectivity index (χ3v) is 4.94. The van der Waals surface area contributed by atoms with E-state index in [1.807, 2.05) is 36.4 Å². The van der Waals surface area contributed by atoms with Gasteiger partial charge in [-0.25, -0.2) is 0 Å². The van der Waals surface area contributed by atoms with Crippen molar-refractivity contribution in [3.63, 3.8) is 0 Å². The Morgan fingerprint density at radius 1 is 0.704 bits per heavy atom. The Morgan fingerprint density at radius 3 is 1.63 bits per heavy atom. The lowest BCUT2D eigenvalue weighted by Gasteiger charge is -2.21. The zero-order valence-corrected chi connectivity index (χ0v) is 14.7. The zero-order valence-electron chi connectivity index (χ0n) is 13.9. The van der Waals surface area contributed by atoms with E-state index in [4.69, 9.17) is 0 Å². The molecule has 3 aromatic carbocycles. The van der Waals surface area contributed by atoms with Crippen molar-refractivity contribution >= 4 is 10.1 Å². The third-order valence-electron chi connectivity index (χ3n) is 3.98. The van der Waals surface area contributed by atoms with E-state index in [1.165, 1.54) is 12.1 Å². The molecule has 3 aromatic rings. The molecule has 0 saturated heterocycles. The first-order chi connectivity index (χ1) is 12.8. The van der Waals surface area contributed by atoms with Gasteiger partial charge in [0.15, 0.2) is 0 Å². The van der Waals surface area contributed by atoms with Gasteiger partial charge in [-0.2, -0.15) is 21.6 Å². The van der Waals surface area contributed by atoms with Crippen LogP contribution in [0.25, 0.3) is 0 Å². The summed E-state index contributed by atoms with van der Waals surface area (Å²) in [4.78, 5) is 0. The Balaban J connectivity index is 2.15. The molecule has 0 spiro atoms. The lowest BCUT2D eigenvalue weighted by atomic mass is 9.85. The van der Waals surface area contributed by atoms with Gasteiger partial charge < -0.3 is 4.18 Å². The Morgan fingerprint density at radius 2 is 1.15 bits per heavy atom. The van der Waals surface area contributed by atoms with E-state index in [1.54, 1.807) is 36.4 Å². The predicted molar refractivity (Wildman–Crippen MR) is 95.9 cm³/mol. The first kappa shape index (κ1) is 19.0. The van der Waals surface area contributed by atoms with Gasteiger partial charge in [0.25, 0.3) is 0 Å². The van der Waals surface area contributed by atoms with Gasteiger partial charge in [-0.15, -0.1) is 0 Å². The Labute approximate surface area is 155 Å². The maximum atomic E-state index is 12.8. The molecule has 0 heterocycles. The molecule has 0 atom stereocenters. The zero-order chi connectivity index (χ0) is 19.5. The Bertz CT molecular complexity index is 962. The van der Waals surface area contributed by atoms with Crippen LogP contribution in [0.3, 0.4) is 0 Å². The van der Waals surface area contributed by atoms with Crippen LogP contribution in [0.5, 0.6) is 5.75 Å². The van der Waals surface area contributed by atoms with Crippen LogP contribution in [0.4, 0.5) is 13.2 Å². The Kier molecular flexibility index (Phi) is 5.23. The van der Waals surface area contributed by atoms with Crippen molar-refractivity contribution in [2.24, 2.45) is 0 Å². The average Bonchev–Trinajstić information content (AvgIpc) is 2.64. The molecule has 0 aromatic heterocycles. The number of halogens is 3. The number of alkyl halides is 3. The standard InChI is InChI=1S/C20H15F3O3S/c21-20(22,23)27(24,25)26-18-14-8-7-13-17(18)19(15-9-3-1-4-10-15)16-11-5-2-6-12-16/h1-14,19H. The number of rotatable bonds is 5. The molecule has 0 radical (unpaired) electrons. The molecule has 0 unspecified atom stereocenters. The molecule has 3 rings (SSSR count). The maximum absolute atomic E-state index is 12.8. The monoisotopic (exact) mass is 392 g/mol. The normalized spacial score (nSPS) is 12.1. The summed E-state index contributed by atoms with van der Waals surface area (Å²) in [5.74, 6) is -0.848. The molecule has 0 amide bonds. The molecule has 3 nitrogen and oxygen atoms in total. The second-order valence-corrected chi connectivity index (χ2v) is 7.31. The summed E-state index contributed by atoms with van der Waals surface area (Å²) in [6.07, 6.45) is 0. The number of benzene rings is 3. The minimum absolute atomic E-state index is 0.322. The van der Waals surface area contributed by atoms with Gasteiger partial charge in [0.1, 0.15) is 5.75 Å². The van der Waals surface area contributed by atoms with Crippen LogP contribution in [0.2, 0.25) is 0 Å². The van der Waals surface area contributed by atoms with Crippen LogP contribution in [0.1, 0.15) is 22.6 Å². The predicted octanol–water partition coefficient (Wildman–Crippen LogP) is 5.10. The number of hydrogen-bond donors (Lipinski definition) is 0. The lowest BCUT2D eigenvalue weighted by Crippen LogP contribution is -2.28. The topological polar surface area (TPSA) is 43.4 Å². The molecule has 0 N–H and O–H groups in total. The van der Waals surface area contributed by atoms with Crippen molar-refractivity contribution in [2.45, 2.75) is 11.4 Å². The van der Waals surface area contributed by atoms with Crippen molar-refractivity contribution in [1.29, 1.82) is 0 Å². The Hall–Kier alpha value is -2.80. The van der Waals surface area contributed by atoms with E-state index in [2.05, 4.69) is 4.18 Å². The van der Waals surface area contributed by atoms with Crippen molar-refractivity contribution in [3.05, 3.63) is 102 Å². The summed E-state index contributed by atoms with van der Waals surface area (Å²) >= 11 is 0. The minimum atomic E-state index is -5.77. The summed E-state index contributed by atoms with van der Waals surface area (Å²) in [5.41, 5.74) is -3.59. The molecule has 0 aliphatic heterocycles. The van der Waals surface area contributed by atoms with Crippen LogP contribution in [-0.2, 0) is 10.1 Å². The molecule has 140 valence electrons. The summed E-state index contributed by atoms with van der Waals surface area (Å²) in [5, 5.41) is 0. The molecular weight excluding hydrogens is 377 g/mol. The van der Waals surface area contributed by atoms with E-state index in [0.29, 0.717) is 5.56 Å². The van der Waals surface area contributed by atoms with Crippen LogP contribution in [-0.4, -0.2) is 13.9 Å². The molecule has 0 aliphatic rings. The second-order valence-electron chi connectivity index (χ2n) is 5.78. The lowest BCUT2D eigenvalue weighted by molar-refractivity contribution is -0.0500. The van der Waals surface area contributed by atoms with E-state index < -0.39 is 21.5 Å². The molecule has 0 fully saturated rings. The van der Waals surface area contributed by atoms with Gasteiger partial charge in [-0.3, -0.25) is 0 Å². The van der Waals surface area contributed by atoms with Crippen molar-refractivity contribution < 1.29 is 25.8 Å². The first-order valence-electron chi connectivity index (χ1n) is 7.99. The maximum Gasteiger partial charge on any atom is 0.534 e. The summed E-state index contributed by atoms with van der Waals surface area (Å²) in [6, 6.07) is 24.0. The largest absolute Gasteiger partial charge is 0.534 e. The highest BCUT2D eigenvalue weighted by Crippen LogP contribution is 2.38. The van der Waals surface area contributed by atoms with Crippen LogP contribution < -0.4 is 4.18 Å². The quantitative estimate of drug-likeness (QED) is 0.345. The SMILES string of the molecule is O=S(=O)(Oc1ccccc1C(c1ccccc1)c1ccccc1)C(F)(F)F. The fourth-order valence-corrected chi connectivity index (χ4v) is 3.29. The summed E-state index contributed by atoms with van der Waals surface area (Å²) < 4.78 is 65.9. The number of hydrogen-bond acceptors (Lipinski definition) is 3. The molecule has 0 aliphatic carbocycles. The number of para-hydroxylation sites is 1. The minimum Gasteiger partial charge on any atom is -0.376 e. The van der Waals surface area contributed by atoms with Crippen molar-refractivity contribution in [1.82, 2.24) is 0 Å². The smallest absolute Gasteiger partial charge is 0.376 e. The van der Waals surface area contributed by atoms with Gasteiger partial charge in [-0.1, -0.05) is 78.9 Å². The van der Waals surface area contributed by atoms with Crippen molar-refractivity contribution in [2.75, 3.05) is 0 Å². The fourth-order valence-electron chi connectivity index (χ4n) is 2.80. The second kappa shape index (κ2) is 7.44. The third kappa shape index (κ3) is 4.14. The van der Waals surface area contributed by atoms with E-state index in [-0.39, 0.29) is 5.75 Å². The molecule has 7 heteroatoms. The van der Waals surface area contributed by atoms with E-state index >= 15 is 0 Å². The molecule has 0 saturated carbocycles. The van der Waals surface area contributed by atoms with Gasteiger partial charge in [0.05, 0.1) is 0 Å². The van der Waals surface area contributed by atoms with Crippen molar-refractivity contribution in [3.8, 4) is 5.75 Å². The summed E-state index contributed by atoms with van der Waals surface area (Å²) in [6.45, 7) is 0. The van der Waals surface area contributed by atoms with Gasteiger partial charge >= 0.3 is 15.6 Å². The van der Waals surface area contributed by atoms with Crippen LogP contribution >= 0.6 is 0 Å². The fraction of sp³-hybridized carbons (Fsp3) is 0.100. The molecule has 0 bridgehead atoms.